The van der Waals surface area contributed by atoms with Crippen molar-refractivity contribution in [2.24, 2.45) is 0 Å². The van der Waals surface area contributed by atoms with E-state index in [-0.39, 0.29) is 30.1 Å². The number of carbonyl (C=O) groups excluding carboxylic acids is 1. The molecule has 0 fully saturated rings. The zero-order chi connectivity index (χ0) is 12.1. The standard InChI is InChI=1S/C9H14N6O/c1-6(2)15(5-3-4-10)8(16)7-12-9(11)14-13-7/h6H,3,5H2,1-2H3,(H3,11,12,13,14). The monoisotopic (exact) mass is 222 g/mol. The van der Waals surface area contributed by atoms with Gasteiger partial charge in [0.2, 0.25) is 11.8 Å². The van der Waals surface area contributed by atoms with Gasteiger partial charge in [-0.2, -0.15) is 10.2 Å². The van der Waals surface area contributed by atoms with Crippen LogP contribution in [0.25, 0.3) is 0 Å². The van der Waals surface area contributed by atoms with Gasteiger partial charge in [0.05, 0.1) is 12.5 Å². The highest BCUT2D eigenvalue weighted by Gasteiger charge is 2.21. The fourth-order valence-corrected chi connectivity index (χ4v) is 1.27. The van der Waals surface area contributed by atoms with Gasteiger partial charge in [0.25, 0.3) is 5.91 Å². The molecule has 1 heterocycles. The quantitative estimate of drug-likeness (QED) is 0.753. The molecule has 86 valence electrons. The highest BCUT2D eigenvalue weighted by molar-refractivity contribution is 5.90. The minimum absolute atomic E-state index is 0.00725. The summed E-state index contributed by atoms with van der Waals surface area (Å²) in [5, 5.41) is 14.6. The Morgan fingerprint density at radius 3 is 2.81 bits per heavy atom. The molecule has 0 aliphatic carbocycles. The Morgan fingerprint density at radius 1 is 1.69 bits per heavy atom. The summed E-state index contributed by atoms with van der Waals surface area (Å²) in [4.78, 5) is 17.2. The minimum atomic E-state index is -0.297. The first-order valence-electron chi connectivity index (χ1n) is 4.92. The van der Waals surface area contributed by atoms with E-state index >= 15 is 0 Å². The zero-order valence-electron chi connectivity index (χ0n) is 9.27. The van der Waals surface area contributed by atoms with Gasteiger partial charge in [-0.25, -0.2) is 0 Å². The number of rotatable bonds is 4. The van der Waals surface area contributed by atoms with Crippen LogP contribution in [0, 0.1) is 11.3 Å². The molecule has 0 aliphatic rings. The average Bonchev–Trinajstić information content (AvgIpc) is 2.64. The maximum Gasteiger partial charge on any atom is 0.291 e. The van der Waals surface area contributed by atoms with Crippen LogP contribution in [0.3, 0.4) is 0 Å². The van der Waals surface area contributed by atoms with Gasteiger partial charge in [-0.3, -0.25) is 9.89 Å². The van der Waals surface area contributed by atoms with Crippen LogP contribution in [0.1, 0.15) is 30.9 Å². The topological polar surface area (TPSA) is 112 Å². The summed E-state index contributed by atoms with van der Waals surface area (Å²) in [7, 11) is 0. The maximum atomic E-state index is 11.9. The molecule has 1 aromatic rings. The zero-order valence-corrected chi connectivity index (χ0v) is 9.27. The summed E-state index contributed by atoms with van der Waals surface area (Å²) >= 11 is 0. The third-order valence-corrected chi connectivity index (χ3v) is 2.05. The van der Waals surface area contributed by atoms with Crippen molar-refractivity contribution in [3.8, 4) is 6.07 Å². The van der Waals surface area contributed by atoms with Gasteiger partial charge in [-0.05, 0) is 13.8 Å². The lowest BCUT2D eigenvalue weighted by atomic mass is 10.3. The molecule has 0 aromatic carbocycles. The fraction of sp³-hybridized carbons (Fsp3) is 0.556. The van der Waals surface area contributed by atoms with Gasteiger partial charge >= 0.3 is 0 Å². The average molecular weight is 222 g/mol. The Kier molecular flexibility index (Phi) is 3.83. The molecule has 0 unspecified atom stereocenters. The van der Waals surface area contributed by atoms with Crippen molar-refractivity contribution in [2.45, 2.75) is 26.3 Å². The van der Waals surface area contributed by atoms with E-state index in [2.05, 4.69) is 15.2 Å². The molecule has 3 N–H and O–H groups in total. The Labute approximate surface area is 93.3 Å². The molecule has 0 spiro atoms. The number of nitrogens with one attached hydrogen (secondary N) is 1. The van der Waals surface area contributed by atoms with Crippen LogP contribution >= 0.6 is 0 Å². The largest absolute Gasteiger partial charge is 0.366 e. The van der Waals surface area contributed by atoms with Gasteiger partial charge in [0, 0.05) is 12.6 Å². The Morgan fingerprint density at radius 2 is 2.38 bits per heavy atom. The van der Waals surface area contributed by atoms with E-state index in [9.17, 15) is 4.79 Å². The molecule has 0 atom stereocenters. The second-order valence-electron chi connectivity index (χ2n) is 3.54. The summed E-state index contributed by atoms with van der Waals surface area (Å²) in [5.74, 6) is -0.161. The smallest absolute Gasteiger partial charge is 0.291 e. The van der Waals surface area contributed by atoms with E-state index in [1.165, 1.54) is 0 Å². The van der Waals surface area contributed by atoms with Crippen molar-refractivity contribution in [1.29, 1.82) is 5.26 Å². The molecule has 1 rings (SSSR count). The van der Waals surface area contributed by atoms with Gasteiger partial charge in [-0.15, -0.1) is 5.10 Å². The Bertz CT molecular complexity index is 404. The van der Waals surface area contributed by atoms with Crippen molar-refractivity contribution in [3.05, 3.63) is 5.82 Å². The number of hydrogen-bond acceptors (Lipinski definition) is 5. The third kappa shape index (κ3) is 2.70. The molecule has 1 aromatic heterocycles. The van der Waals surface area contributed by atoms with Crippen molar-refractivity contribution in [1.82, 2.24) is 20.1 Å². The molecule has 1 amide bonds. The van der Waals surface area contributed by atoms with Gasteiger partial charge in [-0.1, -0.05) is 0 Å². The van der Waals surface area contributed by atoms with E-state index in [0.717, 1.165) is 0 Å². The minimum Gasteiger partial charge on any atom is -0.366 e. The maximum absolute atomic E-state index is 11.9. The van der Waals surface area contributed by atoms with Crippen molar-refractivity contribution in [2.75, 3.05) is 12.3 Å². The molecular formula is C9H14N6O. The molecule has 7 nitrogen and oxygen atoms in total. The lowest BCUT2D eigenvalue weighted by Crippen LogP contribution is -2.38. The number of carbonyl (C=O) groups is 1. The van der Waals surface area contributed by atoms with Crippen LogP contribution in [-0.2, 0) is 0 Å². The van der Waals surface area contributed by atoms with Crippen molar-refractivity contribution >= 4 is 11.9 Å². The predicted octanol–water partition coefficient (Wildman–Crippen LogP) is 0.151. The number of nitrogens with two attached hydrogens (primary N) is 1. The number of H-pyrrole nitrogens is 1. The van der Waals surface area contributed by atoms with Crippen LogP contribution in [0.4, 0.5) is 5.95 Å². The molecule has 7 heteroatoms. The summed E-state index contributed by atoms with van der Waals surface area (Å²) in [5.41, 5.74) is 5.32. The van der Waals surface area contributed by atoms with Crippen LogP contribution in [0.5, 0.6) is 0 Å². The number of aromatic nitrogens is 3. The van der Waals surface area contributed by atoms with E-state index in [1.807, 2.05) is 19.9 Å². The van der Waals surface area contributed by atoms with E-state index in [4.69, 9.17) is 11.0 Å². The van der Waals surface area contributed by atoms with E-state index in [0.29, 0.717) is 6.54 Å². The molecular weight excluding hydrogens is 208 g/mol. The second kappa shape index (κ2) is 5.11. The summed E-state index contributed by atoms with van der Waals surface area (Å²) in [6.45, 7) is 4.11. The Balaban J connectivity index is 2.79. The number of nitriles is 1. The van der Waals surface area contributed by atoms with Crippen molar-refractivity contribution < 1.29 is 4.79 Å². The van der Waals surface area contributed by atoms with Crippen LogP contribution < -0.4 is 5.73 Å². The van der Waals surface area contributed by atoms with Crippen LogP contribution in [0.2, 0.25) is 0 Å². The fourth-order valence-electron chi connectivity index (χ4n) is 1.27. The first kappa shape index (κ1) is 12.0. The molecule has 0 bridgehead atoms. The van der Waals surface area contributed by atoms with E-state index in [1.54, 1.807) is 4.90 Å². The van der Waals surface area contributed by atoms with Gasteiger partial charge < -0.3 is 10.6 Å². The Hall–Kier alpha value is -2.10. The number of nitrogens with zero attached hydrogens (tertiary/aromatic N) is 4. The summed E-state index contributed by atoms with van der Waals surface area (Å²) < 4.78 is 0. The lowest BCUT2D eigenvalue weighted by Gasteiger charge is -2.24. The highest BCUT2D eigenvalue weighted by atomic mass is 16.2. The molecule has 16 heavy (non-hydrogen) atoms. The van der Waals surface area contributed by atoms with Gasteiger partial charge in [0.1, 0.15) is 0 Å². The second-order valence-corrected chi connectivity index (χ2v) is 3.54. The number of amides is 1. The van der Waals surface area contributed by atoms with E-state index < -0.39 is 0 Å². The first-order valence-corrected chi connectivity index (χ1v) is 4.92. The first-order chi connectivity index (χ1) is 7.56. The summed E-state index contributed by atoms with van der Waals surface area (Å²) in [6.07, 6.45) is 0.285. The normalized spacial score (nSPS) is 10.1. The van der Waals surface area contributed by atoms with Crippen LogP contribution in [-0.4, -0.2) is 38.6 Å². The van der Waals surface area contributed by atoms with Crippen LogP contribution in [0.15, 0.2) is 0 Å². The number of nitrogen functional groups attached to an aromatic ring is 1. The molecule has 0 saturated carbocycles. The number of aromatic amines is 1. The predicted molar refractivity (Wildman–Crippen MR) is 57.2 cm³/mol. The third-order valence-electron chi connectivity index (χ3n) is 2.05. The SMILES string of the molecule is CC(C)N(CCC#N)C(=O)c1nc(N)n[nH]1. The molecule has 0 saturated heterocycles. The molecule has 0 radical (unpaired) electrons. The van der Waals surface area contributed by atoms with Gasteiger partial charge in [0.15, 0.2) is 0 Å². The summed E-state index contributed by atoms with van der Waals surface area (Å²) in [6, 6.07) is 1.99. The van der Waals surface area contributed by atoms with Crippen molar-refractivity contribution in [3.63, 3.8) is 0 Å². The number of hydrogen-bond donors (Lipinski definition) is 2. The molecule has 0 aliphatic heterocycles. The number of anilines is 1. The highest BCUT2D eigenvalue weighted by Crippen LogP contribution is 2.06. The lowest BCUT2D eigenvalue weighted by molar-refractivity contribution is 0.0698.